The van der Waals surface area contributed by atoms with Crippen LogP contribution in [0.3, 0.4) is 0 Å². The number of fused-ring (bicyclic) bond motifs is 1. The fourth-order valence-corrected chi connectivity index (χ4v) is 4.81. The highest BCUT2D eigenvalue weighted by Gasteiger charge is 2.33. The lowest BCUT2D eigenvalue weighted by Gasteiger charge is -2.32. The van der Waals surface area contributed by atoms with Gasteiger partial charge in [-0.1, -0.05) is 13.5 Å². The van der Waals surface area contributed by atoms with Crippen LogP contribution in [0.2, 0.25) is 0 Å². The van der Waals surface area contributed by atoms with Gasteiger partial charge in [-0.2, -0.15) is 5.10 Å². The molecule has 0 bridgehead atoms. The Balaban J connectivity index is 1.46. The highest BCUT2D eigenvalue weighted by molar-refractivity contribution is 5.96. The lowest BCUT2D eigenvalue weighted by molar-refractivity contribution is -0.124. The predicted molar refractivity (Wildman–Crippen MR) is 139 cm³/mol. The number of carbonyl (C=O) groups is 1. The molecule has 0 atom stereocenters. The zero-order chi connectivity index (χ0) is 25.4. The highest BCUT2D eigenvalue weighted by atomic mass is 16.3. The summed E-state index contributed by atoms with van der Waals surface area (Å²) < 4.78 is 3.33. The summed E-state index contributed by atoms with van der Waals surface area (Å²) in [5, 5.41) is 19.6. The van der Waals surface area contributed by atoms with Gasteiger partial charge in [-0.05, 0) is 63.6 Å². The minimum Gasteiger partial charge on any atom is -0.508 e. The van der Waals surface area contributed by atoms with Gasteiger partial charge in [0.25, 0.3) is 0 Å². The van der Waals surface area contributed by atoms with Crippen LogP contribution in [0.4, 0.5) is 5.82 Å². The number of rotatable bonds is 6. The maximum Gasteiger partial charge on any atom is 0.231 e. The quantitative estimate of drug-likeness (QED) is 0.383. The van der Waals surface area contributed by atoms with Crippen LogP contribution < -0.4 is 4.90 Å². The lowest BCUT2D eigenvalue weighted by atomic mass is 9.82. The van der Waals surface area contributed by atoms with E-state index in [2.05, 4.69) is 28.6 Å². The van der Waals surface area contributed by atoms with Gasteiger partial charge >= 0.3 is 0 Å². The molecule has 1 amide bonds. The Bertz CT molecular complexity index is 1360. The molecule has 0 aliphatic heterocycles. The topological polar surface area (TPSA) is 101 Å². The summed E-state index contributed by atoms with van der Waals surface area (Å²) in [5.74, 6) is 0.958. The van der Waals surface area contributed by atoms with Crippen LogP contribution in [-0.4, -0.2) is 46.4 Å². The monoisotopic (exact) mass is 485 g/mol. The number of pyridine rings is 1. The van der Waals surface area contributed by atoms with E-state index in [0.29, 0.717) is 34.4 Å². The third-order valence-electron chi connectivity index (χ3n) is 6.86. The normalized spacial score (nSPS) is 18.0. The van der Waals surface area contributed by atoms with Gasteiger partial charge in [0, 0.05) is 36.6 Å². The fourth-order valence-electron chi connectivity index (χ4n) is 4.81. The summed E-state index contributed by atoms with van der Waals surface area (Å²) in [5.41, 5.74) is 3.28. The van der Waals surface area contributed by atoms with Crippen molar-refractivity contribution in [3.8, 4) is 17.1 Å². The second-order valence-corrected chi connectivity index (χ2v) is 9.87. The van der Waals surface area contributed by atoms with Crippen molar-refractivity contribution in [1.29, 1.82) is 0 Å². The Morgan fingerprint density at radius 1 is 1.14 bits per heavy atom. The van der Waals surface area contributed by atoms with E-state index in [1.165, 1.54) is 0 Å². The van der Waals surface area contributed by atoms with Crippen LogP contribution in [0.5, 0.6) is 0 Å². The Kier molecular flexibility index (Phi) is 6.30. The van der Waals surface area contributed by atoms with E-state index in [9.17, 15) is 9.90 Å². The van der Waals surface area contributed by atoms with Crippen molar-refractivity contribution < 1.29 is 9.90 Å². The van der Waals surface area contributed by atoms with Crippen molar-refractivity contribution in [3.05, 3.63) is 61.2 Å². The molecule has 5 rings (SSSR count). The van der Waals surface area contributed by atoms with E-state index in [4.69, 9.17) is 5.10 Å². The van der Waals surface area contributed by atoms with Crippen LogP contribution in [-0.2, 0) is 4.79 Å². The Labute approximate surface area is 210 Å². The Hall–Kier alpha value is -4.01. The van der Waals surface area contributed by atoms with Crippen molar-refractivity contribution in [2.24, 2.45) is 11.8 Å². The number of aliphatic hydroxyl groups excluding tert-OH is 1. The standard InChI is InChI=1S/C27H31N7O2/c1-17(2)34(27(36)20-8-6-18(3)7-9-20)26-22(19(4)35)16-33(31-26)21-10-11-23(29-15-21)24-14-25-28-12-5-13-32(25)30-24/h5,10-18,20,35H,4,6-9H2,1-3H3. The molecule has 1 saturated carbocycles. The third kappa shape index (κ3) is 4.48. The second-order valence-electron chi connectivity index (χ2n) is 9.87. The zero-order valence-electron chi connectivity index (χ0n) is 20.9. The number of aromatic nitrogens is 6. The van der Waals surface area contributed by atoms with E-state index in [1.54, 1.807) is 32.7 Å². The highest BCUT2D eigenvalue weighted by Crippen LogP contribution is 2.34. The van der Waals surface area contributed by atoms with Gasteiger partial charge in [0.1, 0.15) is 11.5 Å². The molecule has 4 aromatic heterocycles. The van der Waals surface area contributed by atoms with Gasteiger partial charge in [0.2, 0.25) is 5.91 Å². The number of anilines is 1. The van der Waals surface area contributed by atoms with Crippen LogP contribution in [0.1, 0.15) is 52.0 Å². The molecule has 36 heavy (non-hydrogen) atoms. The van der Waals surface area contributed by atoms with Crippen molar-refractivity contribution in [3.63, 3.8) is 0 Å². The molecule has 1 aliphatic rings. The molecule has 1 N–H and O–H groups in total. The molecule has 0 saturated heterocycles. The van der Waals surface area contributed by atoms with Gasteiger partial charge in [-0.3, -0.25) is 14.7 Å². The van der Waals surface area contributed by atoms with Gasteiger partial charge in [0.05, 0.1) is 23.1 Å². The van der Waals surface area contributed by atoms with Crippen molar-refractivity contribution in [2.45, 2.75) is 52.5 Å². The van der Waals surface area contributed by atoms with Crippen LogP contribution in [0.15, 0.2) is 55.6 Å². The summed E-state index contributed by atoms with van der Waals surface area (Å²) in [4.78, 5) is 24.2. The average molecular weight is 486 g/mol. The minimum atomic E-state index is -0.131. The molecule has 4 heterocycles. The fraction of sp³-hybridized carbons (Fsp3) is 0.370. The number of hydrogen-bond acceptors (Lipinski definition) is 6. The maximum absolute atomic E-state index is 13.6. The molecule has 9 heteroatoms. The van der Waals surface area contributed by atoms with Gasteiger partial charge in [-0.15, -0.1) is 5.10 Å². The molecular formula is C27H31N7O2. The first-order chi connectivity index (χ1) is 17.3. The van der Waals surface area contributed by atoms with Crippen molar-refractivity contribution in [2.75, 3.05) is 4.90 Å². The van der Waals surface area contributed by atoms with Crippen LogP contribution >= 0.6 is 0 Å². The van der Waals surface area contributed by atoms with E-state index in [-0.39, 0.29) is 23.6 Å². The smallest absolute Gasteiger partial charge is 0.231 e. The first kappa shape index (κ1) is 23.7. The van der Waals surface area contributed by atoms with Crippen molar-refractivity contribution >= 4 is 23.1 Å². The van der Waals surface area contributed by atoms with E-state index in [1.807, 2.05) is 44.3 Å². The Morgan fingerprint density at radius 3 is 2.56 bits per heavy atom. The maximum atomic E-state index is 13.6. The SMILES string of the molecule is C=C(O)c1cn(-c2ccc(-c3cc4ncccn4n3)nc2)nc1N(C(=O)C1CCC(C)CC1)C(C)C. The average Bonchev–Trinajstić information content (AvgIpc) is 3.49. The largest absolute Gasteiger partial charge is 0.508 e. The summed E-state index contributed by atoms with van der Waals surface area (Å²) in [7, 11) is 0. The molecule has 0 radical (unpaired) electrons. The lowest BCUT2D eigenvalue weighted by Crippen LogP contribution is -2.42. The number of hydrogen-bond donors (Lipinski definition) is 1. The van der Waals surface area contributed by atoms with Crippen LogP contribution in [0, 0.1) is 11.8 Å². The zero-order valence-corrected chi connectivity index (χ0v) is 20.9. The molecule has 1 aliphatic carbocycles. The molecular weight excluding hydrogens is 454 g/mol. The number of carbonyl (C=O) groups excluding carboxylic acids is 1. The number of amides is 1. The molecule has 9 nitrogen and oxygen atoms in total. The summed E-state index contributed by atoms with van der Waals surface area (Å²) in [6, 6.07) is 7.31. The molecule has 186 valence electrons. The van der Waals surface area contributed by atoms with E-state index >= 15 is 0 Å². The number of nitrogens with zero attached hydrogens (tertiary/aromatic N) is 7. The van der Waals surface area contributed by atoms with Gasteiger partial charge < -0.3 is 5.11 Å². The van der Waals surface area contributed by atoms with E-state index in [0.717, 1.165) is 31.3 Å². The van der Waals surface area contributed by atoms with Crippen LogP contribution in [0.25, 0.3) is 28.5 Å². The van der Waals surface area contributed by atoms with Gasteiger partial charge in [-0.25, -0.2) is 14.2 Å². The number of aliphatic hydroxyl groups is 1. The minimum absolute atomic E-state index is 0.0329. The van der Waals surface area contributed by atoms with Gasteiger partial charge in [0.15, 0.2) is 11.5 Å². The summed E-state index contributed by atoms with van der Waals surface area (Å²) >= 11 is 0. The molecule has 0 aromatic carbocycles. The molecule has 0 unspecified atom stereocenters. The second kappa shape index (κ2) is 9.56. The third-order valence-corrected chi connectivity index (χ3v) is 6.86. The predicted octanol–water partition coefficient (Wildman–Crippen LogP) is 5.07. The summed E-state index contributed by atoms with van der Waals surface area (Å²) in [6.07, 6.45) is 10.8. The first-order valence-electron chi connectivity index (χ1n) is 12.4. The summed E-state index contributed by atoms with van der Waals surface area (Å²) in [6.45, 7) is 9.89. The Morgan fingerprint density at radius 2 is 1.92 bits per heavy atom. The van der Waals surface area contributed by atoms with E-state index < -0.39 is 0 Å². The molecule has 0 spiro atoms. The first-order valence-corrected chi connectivity index (χ1v) is 12.4. The molecule has 4 aromatic rings. The molecule has 1 fully saturated rings. The van der Waals surface area contributed by atoms with Crippen molar-refractivity contribution in [1.82, 2.24) is 29.4 Å².